The molecule has 0 aliphatic carbocycles. The van der Waals surface area contributed by atoms with E-state index in [-0.39, 0.29) is 17.3 Å². The summed E-state index contributed by atoms with van der Waals surface area (Å²) in [7, 11) is 0. The predicted molar refractivity (Wildman–Crippen MR) is 71.3 cm³/mol. The number of nitrogens with one attached hydrogen (secondary N) is 1. The van der Waals surface area contributed by atoms with Gasteiger partial charge < -0.3 is 10.4 Å². The van der Waals surface area contributed by atoms with Crippen LogP contribution >= 0.6 is 0 Å². The number of hydrogen-bond donors (Lipinski definition) is 2. The van der Waals surface area contributed by atoms with E-state index in [9.17, 15) is 9.59 Å². The summed E-state index contributed by atoms with van der Waals surface area (Å²) >= 11 is 0. The molecule has 1 atom stereocenters. The number of carbonyl (C=O) groups is 2. The molecule has 0 aliphatic heterocycles. The Kier molecular flexibility index (Phi) is 4.05. The van der Waals surface area contributed by atoms with Gasteiger partial charge in [-0.2, -0.15) is 0 Å². The summed E-state index contributed by atoms with van der Waals surface area (Å²) in [6, 6.07) is 6.12. The molecule has 0 radical (unpaired) electrons. The second-order valence-corrected chi connectivity index (χ2v) is 4.19. The van der Waals surface area contributed by atoms with Gasteiger partial charge in [0.05, 0.1) is 11.6 Å². The summed E-state index contributed by atoms with van der Waals surface area (Å²) in [5, 5.41) is 11.7. The molecule has 102 valence electrons. The van der Waals surface area contributed by atoms with Crippen molar-refractivity contribution in [2.75, 3.05) is 0 Å². The summed E-state index contributed by atoms with van der Waals surface area (Å²) in [6.07, 6.45) is 4.66. The first-order valence-corrected chi connectivity index (χ1v) is 5.98. The number of nitrogens with zero attached hydrogens (tertiary/aromatic N) is 2. The average Bonchev–Trinajstić information content (AvgIpc) is 2.48. The van der Waals surface area contributed by atoms with Crippen LogP contribution in [0.25, 0.3) is 0 Å². The zero-order chi connectivity index (χ0) is 14.5. The first-order chi connectivity index (χ1) is 9.59. The maximum Gasteiger partial charge on any atom is 0.338 e. The molecule has 0 bridgehead atoms. The van der Waals surface area contributed by atoms with Gasteiger partial charge in [0.1, 0.15) is 5.69 Å². The summed E-state index contributed by atoms with van der Waals surface area (Å²) < 4.78 is 0. The lowest BCUT2D eigenvalue weighted by atomic mass is 10.1. The Morgan fingerprint density at radius 3 is 2.65 bits per heavy atom. The van der Waals surface area contributed by atoms with Gasteiger partial charge in [-0.1, -0.05) is 6.07 Å². The fourth-order valence-electron chi connectivity index (χ4n) is 1.74. The Hall–Kier alpha value is -2.76. The van der Waals surface area contributed by atoms with Gasteiger partial charge in [0.15, 0.2) is 0 Å². The highest BCUT2D eigenvalue weighted by Gasteiger charge is 2.19. The highest BCUT2D eigenvalue weighted by Crippen LogP contribution is 2.12. The van der Waals surface area contributed by atoms with Gasteiger partial charge in [-0.25, -0.2) is 4.79 Å². The number of amides is 1. The van der Waals surface area contributed by atoms with E-state index in [1.807, 2.05) is 6.07 Å². The summed E-state index contributed by atoms with van der Waals surface area (Å²) in [5.41, 5.74) is 0.604. The number of carboxylic acid groups (broad SMARTS) is 1. The van der Waals surface area contributed by atoms with E-state index < -0.39 is 11.9 Å². The van der Waals surface area contributed by atoms with Crippen molar-refractivity contribution in [3.05, 3.63) is 59.7 Å². The van der Waals surface area contributed by atoms with Crippen molar-refractivity contribution in [1.82, 2.24) is 15.3 Å². The number of aromatic carboxylic acids is 1. The normalized spacial score (nSPS) is 11.7. The van der Waals surface area contributed by atoms with Crippen molar-refractivity contribution in [1.29, 1.82) is 0 Å². The molecule has 6 nitrogen and oxygen atoms in total. The highest BCUT2D eigenvalue weighted by molar-refractivity contribution is 6.03. The Balaban J connectivity index is 2.19. The standard InChI is InChI=1S/C14H13N3O3/c1-9(10-4-2-6-15-8-10)17-13(18)12-11(14(19)20)5-3-7-16-12/h2-9H,1H3,(H,17,18)(H,19,20). The molecule has 2 aromatic heterocycles. The zero-order valence-electron chi connectivity index (χ0n) is 10.8. The van der Waals surface area contributed by atoms with Crippen LogP contribution in [0.1, 0.15) is 39.4 Å². The number of hydrogen-bond acceptors (Lipinski definition) is 4. The lowest BCUT2D eigenvalue weighted by Crippen LogP contribution is -2.29. The molecule has 0 aromatic carbocycles. The smallest absolute Gasteiger partial charge is 0.338 e. The topological polar surface area (TPSA) is 92.2 Å². The third kappa shape index (κ3) is 2.97. The van der Waals surface area contributed by atoms with Gasteiger partial charge in [-0.05, 0) is 30.7 Å². The molecule has 0 spiro atoms. The van der Waals surface area contributed by atoms with Crippen molar-refractivity contribution in [3.8, 4) is 0 Å². The van der Waals surface area contributed by atoms with Crippen LogP contribution in [-0.4, -0.2) is 27.0 Å². The number of pyridine rings is 2. The van der Waals surface area contributed by atoms with E-state index in [0.717, 1.165) is 5.56 Å². The molecule has 20 heavy (non-hydrogen) atoms. The maximum atomic E-state index is 12.1. The van der Waals surface area contributed by atoms with E-state index in [1.54, 1.807) is 25.4 Å². The molecular formula is C14H13N3O3. The molecule has 0 aliphatic rings. The van der Waals surface area contributed by atoms with Crippen molar-refractivity contribution in [3.63, 3.8) is 0 Å². The molecule has 0 saturated carbocycles. The molecule has 2 rings (SSSR count). The Morgan fingerprint density at radius 1 is 1.25 bits per heavy atom. The Morgan fingerprint density at radius 2 is 2.00 bits per heavy atom. The first kappa shape index (κ1) is 13.7. The fourth-order valence-corrected chi connectivity index (χ4v) is 1.74. The molecule has 1 unspecified atom stereocenters. The van der Waals surface area contributed by atoms with Crippen molar-refractivity contribution < 1.29 is 14.7 Å². The fraction of sp³-hybridized carbons (Fsp3) is 0.143. The maximum absolute atomic E-state index is 12.1. The monoisotopic (exact) mass is 271 g/mol. The van der Waals surface area contributed by atoms with Gasteiger partial charge in [-0.15, -0.1) is 0 Å². The van der Waals surface area contributed by atoms with Gasteiger partial charge in [0, 0.05) is 18.6 Å². The van der Waals surface area contributed by atoms with Crippen LogP contribution in [0.3, 0.4) is 0 Å². The average molecular weight is 271 g/mol. The third-order valence-electron chi connectivity index (χ3n) is 2.79. The molecule has 6 heteroatoms. The molecule has 0 saturated heterocycles. The molecule has 0 fully saturated rings. The van der Waals surface area contributed by atoms with E-state index in [0.29, 0.717) is 0 Å². The minimum absolute atomic E-state index is 0.101. The molecule has 2 aromatic rings. The van der Waals surface area contributed by atoms with Crippen LogP contribution in [0.4, 0.5) is 0 Å². The van der Waals surface area contributed by atoms with Crippen LogP contribution in [0.15, 0.2) is 42.9 Å². The lowest BCUT2D eigenvalue weighted by molar-refractivity contribution is 0.0689. The van der Waals surface area contributed by atoms with Crippen molar-refractivity contribution in [2.45, 2.75) is 13.0 Å². The Bertz CT molecular complexity index is 629. The van der Waals surface area contributed by atoms with Gasteiger partial charge in [0.25, 0.3) is 5.91 Å². The SMILES string of the molecule is CC(NC(=O)c1ncccc1C(=O)O)c1cccnc1. The molecule has 2 N–H and O–H groups in total. The largest absolute Gasteiger partial charge is 0.478 e. The zero-order valence-corrected chi connectivity index (χ0v) is 10.8. The third-order valence-corrected chi connectivity index (χ3v) is 2.79. The number of carbonyl (C=O) groups excluding carboxylic acids is 1. The van der Waals surface area contributed by atoms with Gasteiger partial charge in [-0.3, -0.25) is 14.8 Å². The van der Waals surface area contributed by atoms with Gasteiger partial charge >= 0.3 is 5.97 Å². The summed E-state index contributed by atoms with van der Waals surface area (Å²) in [4.78, 5) is 31.0. The number of aromatic nitrogens is 2. The lowest BCUT2D eigenvalue weighted by Gasteiger charge is -2.14. The van der Waals surface area contributed by atoms with Gasteiger partial charge in [0.2, 0.25) is 0 Å². The van der Waals surface area contributed by atoms with E-state index >= 15 is 0 Å². The van der Waals surface area contributed by atoms with Crippen LogP contribution in [0, 0.1) is 0 Å². The highest BCUT2D eigenvalue weighted by atomic mass is 16.4. The second-order valence-electron chi connectivity index (χ2n) is 4.19. The van der Waals surface area contributed by atoms with E-state index in [4.69, 9.17) is 5.11 Å². The van der Waals surface area contributed by atoms with Crippen LogP contribution in [0.5, 0.6) is 0 Å². The van der Waals surface area contributed by atoms with E-state index in [2.05, 4.69) is 15.3 Å². The Labute approximate surface area is 115 Å². The molecular weight excluding hydrogens is 258 g/mol. The van der Waals surface area contributed by atoms with Crippen LogP contribution in [-0.2, 0) is 0 Å². The number of carboxylic acids is 1. The van der Waals surface area contributed by atoms with Crippen LogP contribution < -0.4 is 5.32 Å². The second kappa shape index (κ2) is 5.92. The van der Waals surface area contributed by atoms with Crippen molar-refractivity contribution in [2.24, 2.45) is 0 Å². The quantitative estimate of drug-likeness (QED) is 0.882. The van der Waals surface area contributed by atoms with Crippen molar-refractivity contribution >= 4 is 11.9 Å². The predicted octanol–water partition coefficient (Wildman–Crippen LogP) is 1.67. The van der Waals surface area contributed by atoms with E-state index in [1.165, 1.54) is 18.3 Å². The summed E-state index contributed by atoms with van der Waals surface area (Å²) in [5.74, 6) is -1.71. The minimum Gasteiger partial charge on any atom is -0.478 e. The molecule has 1 amide bonds. The first-order valence-electron chi connectivity index (χ1n) is 5.98. The minimum atomic E-state index is -1.18. The number of rotatable bonds is 4. The molecule has 2 heterocycles. The summed E-state index contributed by atoms with van der Waals surface area (Å²) in [6.45, 7) is 1.79. The van der Waals surface area contributed by atoms with Crippen LogP contribution in [0.2, 0.25) is 0 Å².